The van der Waals surface area contributed by atoms with E-state index in [1.165, 1.54) is 5.56 Å². The minimum Gasteiger partial charge on any atom is -0.345 e. The van der Waals surface area contributed by atoms with Crippen molar-refractivity contribution in [1.82, 2.24) is 10.2 Å². The maximum atomic E-state index is 11.7. The highest BCUT2D eigenvalue weighted by atomic mass is 32.2. The summed E-state index contributed by atoms with van der Waals surface area (Å²) in [4.78, 5) is 14.5. The van der Waals surface area contributed by atoms with Crippen LogP contribution in [0.4, 0.5) is 0 Å². The second kappa shape index (κ2) is 8.16. The highest BCUT2D eigenvalue weighted by Crippen LogP contribution is 2.18. The Labute approximate surface area is 114 Å². The molecule has 0 bridgehead atoms. The van der Waals surface area contributed by atoms with Gasteiger partial charge < -0.3 is 10.2 Å². The van der Waals surface area contributed by atoms with Crippen molar-refractivity contribution in [3.05, 3.63) is 29.8 Å². The monoisotopic (exact) mass is 266 g/mol. The first-order chi connectivity index (χ1) is 8.67. The van der Waals surface area contributed by atoms with Crippen molar-refractivity contribution < 1.29 is 4.79 Å². The lowest BCUT2D eigenvalue weighted by atomic mass is 10.2. The van der Waals surface area contributed by atoms with Crippen LogP contribution in [0.1, 0.15) is 19.4 Å². The normalized spacial score (nSPS) is 10.4. The molecule has 0 heterocycles. The molecule has 0 fully saturated rings. The van der Waals surface area contributed by atoms with E-state index in [2.05, 4.69) is 36.5 Å². The Hall–Kier alpha value is -1.00. The third kappa shape index (κ3) is 5.10. The molecule has 18 heavy (non-hydrogen) atoms. The van der Waals surface area contributed by atoms with E-state index in [0.29, 0.717) is 5.75 Å². The number of hydrogen-bond acceptors (Lipinski definition) is 3. The van der Waals surface area contributed by atoms with Crippen LogP contribution in [0.15, 0.2) is 29.2 Å². The summed E-state index contributed by atoms with van der Waals surface area (Å²) in [5.41, 5.74) is 1.28. The van der Waals surface area contributed by atoms with Gasteiger partial charge in [0.1, 0.15) is 0 Å². The fourth-order valence-electron chi connectivity index (χ4n) is 1.40. The molecule has 100 valence electrons. The van der Waals surface area contributed by atoms with E-state index in [0.717, 1.165) is 24.5 Å². The van der Waals surface area contributed by atoms with Gasteiger partial charge >= 0.3 is 0 Å². The van der Waals surface area contributed by atoms with Crippen molar-refractivity contribution in [2.45, 2.75) is 25.3 Å². The molecule has 0 aliphatic carbocycles. The van der Waals surface area contributed by atoms with Crippen LogP contribution < -0.4 is 5.32 Å². The molecule has 3 nitrogen and oxygen atoms in total. The predicted octanol–water partition coefficient (Wildman–Crippen LogP) is 2.37. The Kier molecular flexibility index (Phi) is 6.83. The van der Waals surface area contributed by atoms with E-state index in [4.69, 9.17) is 0 Å². The predicted molar refractivity (Wildman–Crippen MR) is 77.9 cm³/mol. The van der Waals surface area contributed by atoms with Gasteiger partial charge in [0.25, 0.3) is 0 Å². The summed E-state index contributed by atoms with van der Waals surface area (Å²) in [7, 11) is 1.84. The lowest BCUT2D eigenvalue weighted by Gasteiger charge is -2.13. The summed E-state index contributed by atoms with van der Waals surface area (Å²) in [6.07, 6.45) is 0. The molecule has 0 saturated heterocycles. The first-order valence-electron chi connectivity index (χ1n) is 6.33. The average molecular weight is 266 g/mol. The highest BCUT2D eigenvalue weighted by Gasteiger charge is 2.06. The average Bonchev–Trinajstić information content (AvgIpc) is 2.42. The Morgan fingerprint density at radius 1 is 1.28 bits per heavy atom. The fraction of sp³-hybridized carbons (Fsp3) is 0.500. The molecule has 1 N–H and O–H groups in total. The van der Waals surface area contributed by atoms with Gasteiger partial charge in [0.05, 0.1) is 5.75 Å². The van der Waals surface area contributed by atoms with E-state index in [1.54, 1.807) is 16.7 Å². The Bertz CT molecular complexity index is 365. The number of carbonyl (C=O) groups is 1. The lowest BCUT2D eigenvalue weighted by molar-refractivity contribution is -0.126. The molecule has 1 rings (SSSR count). The number of nitrogens with zero attached hydrogens (tertiary/aromatic N) is 1. The summed E-state index contributed by atoms with van der Waals surface area (Å²) in [6, 6.07) is 8.38. The molecule has 0 spiro atoms. The fourth-order valence-corrected chi connectivity index (χ4v) is 2.24. The van der Waals surface area contributed by atoms with Crippen LogP contribution in [-0.2, 0) is 11.3 Å². The van der Waals surface area contributed by atoms with Crippen molar-refractivity contribution in [1.29, 1.82) is 0 Å². The molecule has 0 aromatic heterocycles. The minimum atomic E-state index is 0.180. The van der Waals surface area contributed by atoms with Gasteiger partial charge in [0, 0.05) is 25.0 Å². The third-order valence-electron chi connectivity index (χ3n) is 2.76. The SMILES string of the molecule is CCNCc1ccc(SCC(=O)N(C)CC)cc1. The van der Waals surface area contributed by atoms with Crippen molar-refractivity contribution in [3.8, 4) is 0 Å². The molecule has 0 aliphatic rings. The quantitative estimate of drug-likeness (QED) is 0.769. The molecule has 1 aromatic carbocycles. The van der Waals surface area contributed by atoms with Crippen molar-refractivity contribution in [2.75, 3.05) is 25.9 Å². The van der Waals surface area contributed by atoms with Gasteiger partial charge in [-0.2, -0.15) is 0 Å². The van der Waals surface area contributed by atoms with Crippen molar-refractivity contribution in [3.63, 3.8) is 0 Å². The van der Waals surface area contributed by atoms with Crippen molar-refractivity contribution in [2.24, 2.45) is 0 Å². The van der Waals surface area contributed by atoms with Crippen LogP contribution in [0.3, 0.4) is 0 Å². The highest BCUT2D eigenvalue weighted by molar-refractivity contribution is 8.00. The molecule has 0 aliphatic heterocycles. The van der Waals surface area contributed by atoms with Gasteiger partial charge in [-0.1, -0.05) is 19.1 Å². The van der Waals surface area contributed by atoms with Gasteiger partial charge in [-0.05, 0) is 31.2 Å². The molecule has 1 amide bonds. The minimum absolute atomic E-state index is 0.180. The van der Waals surface area contributed by atoms with E-state index < -0.39 is 0 Å². The molecule has 4 heteroatoms. The first-order valence-corrected chi connectivity index (χ1v) is 7.32. The van der Waals surface area contributed by atoms with Crippen LogP contribution in [0.25, 0.3) is 0 Å². The largest absolute Gasteiger partial charge is 0.345 e. The molecular weight excluding hydrogens is 244 g/mol. The Balaban J connectivity index is 2.41. The lowest BCUT2D eigenvalue weighted by Crippen LogP contribution is -2.27. The molecular formula is C14H22N2OS. The zero-order valence-corrected chi connectivity index (χ0v) is 12.2. The van der Waals surface area contributed by atoms with Crippen LogP contribution in [0, 0.1) is 0 Å². The summed E-state index contributed by atoms with van der Waals surface area (Å²) in [6.45, 7) is 6.73. The van der Waals surface area contributed by atoms with E-state index >= 15 is 0 Å². The zero-order valence-electron chi connectivity index (χ0n) is 11.4. The topological polar surface area (TPSA) is 32.3 Å². The smallest absolute Gasteiger partial charge is 0.232 e. The van der Waals surface area contributed by atoms with Gasteiger partial charge in [-0.15, -0.1) is 11.8 Å². The molecule has 0 unspecified atom stereocenters. The second-order valence-corrected chi connectivity index (χ2v) is 5.17. The standard InChI is InChI=1S/C14H22N2OS/c1-4-15-10-12-6-8-13(9-7-12)18-11-14(17)16(3)5-2/h6-9,15H,4-5,10-11H2,1-3H3. The maximum Gasteiger partial charge on any atom is 0.232 e. The summed E-state index contributed by atoms with van der Waals surface area (Å²) >= 11 is 1.59. The van der Waals surface area contributed by atoms with E-state index in [-0.39, 0.29) is 5.91 Å². The first kappa shape index (κ1) is 15.1. The molecule has 1 aromatic rings. The number of thioether (sulfide) groups is 1. The molecule has 0 saturated carbocycles. The summed E-state index contributed by atoms with van der Waals surface area (Å²) in [5.74, 6) is 0.691. The number of nitrogens with one attached hydrogen (secondary N) is 1. The van der Waals surface area contributed by atoms with Gasteiger partial charge in [-0.3, -0.25) is 4.79 Å². The summed E-state index contributed by atoms with van der Waals surface area (Å²) < 4.78 is 0. The number of hydrogen-bond donors (Lipinski definition) is 1. The van der Waals surface area contributed by atoms with Crippen molar-refractivity contribution >= 4 is 17.7 Å². The van der Waals surface area contributed by atoms with Gasteiger partial charge in [0.2, 0.25) is 5.91 Å². The number of amides is 1. The van der Waals surface area contributed by atoms with Gasteiger partial charge in [0.15, 0.2) is 0 Å². The Morgan fingerprint density at radius 2 is 1.94 bits per heavy atom. The second-order valence-electron chi connectivity index (χ2n) is 4.12. The van der Waals surface area contributed by atoms with E-state index in [1.807, 2.05) is 14.0 Å². The van der Waals surface area contributed by atoms with Crippen LogP contribution in [0.2, 0.25) is 0 Å². The van der Waals surface area contributed by atoms with Crippen LogP contribution in [-0.4, -0.2) is 36.7 Å². The number of rotatable bonds is 7. The third-order valence-corrected chi connectivity index (χ3v) is 3.76. The summed E-state index contributed by atoms with van der Waals surface area (Å²) in [5, 5.41) is 3.29. The Morgan fingerprint density at radius 3 is 2.50 bits per heavy atom. The van der Waals surface area contributed by atoms with E-state index in [9.17, 15) is 4.79 Å². The number of benzene rings is 1. The number of carbonyl (C=O) groups excluding carboxylic acids is 1. The molecule has 0 radical (unpaired) electrons. The van der Waals surface area contributed by atoms with Crippen LogP contribution >= 0.6 is 11.8 Å². The molecule has 0 atom stereocenters. The van der Waals surface area contributed by atoms with Crippen LogP contribution in [0.5, 0.6) is 0 Å². The zero-order chi connectivity index (χ0) is 13.4. The maximum absolute atomic E-state index is 11.7. The van der Waals surface area contributed by atoms with Gasteiger partial charge in [-0.25, -0.2) is 0 Å².